The van der Waals surface area contributed by atoms with Crippen molar-refractivity contribution in [3.8, 4) is 17.1 Å². The zero-order chi connectivity index (χ0) is 18.4. The van der Waals surface area contributed by atoms with Gasteiger partial charge in [-0.1, -0.05) is 29.4 Å². The number of hydrogen-bond donors (Lipinski definition) is 1. The van der Waals surface area contributed by atoms with Crippen LogP contribution in [0.1, 0.15) is 17.9 Å². The van der Waals surface area contributed by atoms with Gasteiger partial charge in [0.25, 0.3) is 0 Å². The van der Waals surface area contributed by atoms with Crippen molar-refractivity contribution in [1.82, 2.24) is 15.5 Å². The van der Waals surface area contributed by atoms with E-state index in [1.54, 1.807) is 25.3 Å². The Balaban J connectivity index is 1.51. The van der Waals surface area contributed by atoms with Crippen LogP contribution in [0.15, 0.2) is 53.1 Å². The number of nitrogens with one attached hydrogen (secondary N) is 1. The molecule has 1 aromatic heterocycles. The predicted molar refractivity (Wildman–Crippen MR) is 92.9 cm³/mol. The van der Waals surface area contributed by atoms with Crippen LogP contribution >= 0.6 is 0 Å². The van der Waals surface area contributed by atoms with E-state index in [4.69, 9.17) is 9.26 Å². The molecule has 0 atom stereocenters. The second kappa shape index (κ2) is 8.24. The van der Waals surface area contributed by atoms with Crippen molar-refractivity contribution >= 4 is 5.91 Å². The maximum absolute atomic E-state index is 13.7. The van der Waals surface area contributed by atoms with Crippen LogP contribution in [0.2, 0.25) is 0 Å². The Hall–Kier alpha value is -3.22. The molecule has 0 aliphatic carbocycles. The van der Waals surface area contributed by atoms with E-state index < -0.39 is 5.82 Å². The van der Waals surface area contributed by atoms with Crippen LogP contribution in [0, 0.1) is 5.82 Å². The number of nitrogens with zero attached hydrogens (tertiary/aromatic N) is 2. The normalized spacial score (nSPS) is 10.5. The summed E-state index contributed by atoms with van der Waals surface area (Å²) in [6, 6.07) is 13.7. The van der Waals surface area contributed by atoms with E-state index in [0.29, 0.717) is 12.4 Å². The van der Waals surface area contributed by atoms with E-state index in [1.807, 2.05) is 24.3 Å². The highest BCUT2D eigenvalue weighted by Crippen LogP contribution is 2.19. The molecule has 1 heterocycles. The van der Waals surface area contributed by atoms with Gasteiger partial charge in [-0.3, -0.25) is 4.79 Å². The summed E-state index contributed by atoms with van der Waals surface area (Å²) >= 11 is 0. The first-order chi connectivity index (χ1) is 12.7. The van der Waals surface area contributed by atoms with Gasteiger partial charge in [0.05, 0.1) is 12.7 Å². The summed E-state index contributed by atoms with van der Waals surface area (Å²) < 4.78 is 24.0. The molecule has 26 heavy (non-hydrogen) atoms. The average molecular weight is 355 g/mol. The number of methoxy groups -OCH3 is 1. The van der Waals surface area contributed by atoms with Crippen LogP contribution in [0.4, 0.5) is 4.39 Å². The molecule has 7 heteroatoms. The molecule has 0 spiro atoms. The number of benzene rings is 2. The molecule has 134 valence electrons. The highest BCUT2D eigenvalue weighted by Gasteiger charge is 2.13. The molecule has 2 aromatic carbocycles. The van der Waals surface area contributed by atoms with Gasteiger partial charge in [0.1, 0.15) is 11.6 Å². The minimum atomic E-state index is -0.420. The maximum atomic E-state index is 13.7. The van der Waals surface area contributed by atoms with Crippen LogP contribution in [0.3, 0.4) is 0 Å². The second-order valence-electron chi connectivity index (χ2n) is 5.62. The monoisotopic (exact) mass is 355 g/mol. The van der Waals surface area contributed by atoms with Crippen molar-refractivity contribution in [2.75, 3.05) is 7.11 Å². The predicted octanol–water partition coefficient (Wildman–Crippen LogP) is 3.13. The summed E-state index contributed by atoms with van der Waals surface area (Å²) in [6.45, 7) is 0.403. The molecule has 0 aliphatic rings. The highest BCUT2D eigenvalue weighted by atomic mass is 19.1. The average Bonchev–Trinajstić information content (AvgIpc) is 3.14. The fourth-order valence-electron chi connectivity index (χ4n) is 2.40. The van der Waals surface area contributed by atoms with Crippen molar-refractivity contribution in [3.05, 3.63) is 65.8 Å². The number of hydrogen-bond acceptors (Lipinski definition) is 5. The smallest absolute Gasteiger partial charge is 0.227 e. The maximum Gasteiger partial charge on any atom is 0.227 e. The minimum absolute atomic E-state index is 0.140. The molecule has 3 aromatic rings. The Morgan fingerprint density at radius 2 is 2.08 bits per heavy atom. The first kappa shape index (κ1) is 17.6. The summed E-state index contributed by atoms with van der Waals surface area (Å²) in [5.41, 5.74) is 1.21. The number of rotatable bonds is 7. The number of aromatic nitrogens is 2. The summed E-state index contributed by atoms with van der Waals surface area (Å²) in [7, 11) is 1.59. The molecule has 3 rings (SSSR count). The lowest BCUT2D eigenvalue weighted by Crippen LogP contribution is -2.23. The fourth-order valence-corrected chi connectivity index (χ4v) is 2.40. The van der Waals surface area contributed by atoms with Crippen molar-refractivity contribution in [2.45, 2.75) is 19.4 Å². The van der Waals surface area contributed by atoms with Gasteiger partial charge < -0.3 is 14.6 Å². The van der Waals surface area contributed by atoms with Gasteiger partial charge in [-0.25, -0.2) is 4.39 Å². The Bertz CT molecular complexity index is 895. The number of ether oxygens (including phenoxy) is 1. The summed E-state index contributed by atoms with van der Waals surface area (Å²) in [5.74, 6) is 0.646. The van der Waals surface area contributed by atoms with Gasteiger partial charge in [0.2, 0.25) is 17.6 Å². The SMILES string of the molecule is COc1cccc(CNC(=O)CCc2nc(-c3ccccc3F)no2)c1. The molecule has 0 aliphatic heterocycles. The zero-order valence-electron chi connectivity index (χ0n) is 14.2. The fraction of sp³-hybridized carbons (Fsp3) is 0.211. The standard InChI is InChI=1S/C19H18FN3O3/c1-25-14-6-4-5-13(11-14)12-21-17(24)9-10-18-22-19(23-26-18)15-7-2-3-8-16(15)20/h2-8,11H,9-10,12H2,1H3,(H,21,24). The number of carbonyl (C=O) groups is 1. The molecule has 1 amide bonds. The molecule has 1 N–H and O–H groups in total. The highest BCUT2D eigenvalue weighted by molar-refractivity contribution is 5.76. The lowest BCUT2D eigenvalue weighted by atomic mass is 10.2. The Morgan fingerprint density at radius 1 is 1.23 bits per heavy atom. The molecular formula is C19H18FN3O3. The molecule has 0 radical (unpaired) electrons. The van der Waals surface area contributed by atoms with Crippen LogP contribution in [0.5, 0.6) is 5.75 Å². The number of amides is 1. The number of halogens is 1. The number of carbonyl (C=O) groups excluding carboxylic acids is 1. The molecule has 6 nitrogen and oxygen atoms in total. The molecular weight excluding hydrogens is 337 g/mol. The lowest BCUT2D eigenvalue weighted by Gasteiger charge is -2.06. The number of aryl methyl sites for hydroxylation is 1. The van der Waals surface area contributed by atoms with Crippen LogP contribution < -0.4 is 10.1 Å². The lowest BCUT2D eigenvalue weighted by molar-refractivity contribution is -0.121. The van der Waals surface area contributed by atoms with Crippen molar-refractivity contribution in [1.29, 1.82) is 0 Å². The van der Waals surface area contributed by atoms with Gasteiger partial charge in [-0.15, -0.1) is 0 Å². The Morgan fingerprint density at radius 3 is 2.88 bits per heavy atom. The largest absolute Gasteiger partial charge is 0.497 e. The van der Waals surface area contributed by atoms with Gasteiger partial charge in [-0.2, -0.15) is 4.98 Å². The molecule has 0 bridgehead atoms. The van der Waals surface area contributed by atoms with Crippen molar-refractivity contribution < 1.29 is 18.4 Å². The zero-order valence-corrected chi connectivity index (χ0v) is 14.2. The summed E-state index contributed by atoms with van der Waals surface area (Å²) in [4.78, 5) is 16.1. The summed E-state index contributed by atoms with van der Waals surface area (Å²) in [5, 5.41) is 6.59. The molecule has 0 saturated carbocycles. The van der Waals surface area contributed by atoms with E-state index in [1.165, 1.54) is 6.07 Å². The van der Waals surface area contributed by atoms with Crippen LogP contribution in [-0.4, -0.2) is 23.2 Å². The molecule has 0 saturated heterocycles. The Kier molecular flexibility index (Phi) is 5.58. The second-order valence-corrected chi connectivity index (χ2v) is 5.62. The van der Waals surface area contributed by atoms with Gasteiger partial charge in [-0.05, 0) is 29.8 Å². The third kappa shape index (κ3) is 4.44. The summed E-state index contributed by atoms with van der Waals surface area (Å²) in [6.07, 6.45) is 0.480. The third-order valence-corrected chi connectivity index (χ3v) is 3.77. The topological polar surface area (TPSA) is 77.2 Å². The van der Waals surface area contributed by atoms with E-state index >= 15 is 0 Å². The first-order valence-electron chi connectivity index (χ1n) is 8.13. The van der Waals surface area contributed by atoms with Crippen LogP contribution in [-0.2, 0) is 17.8 Å². The van der Waals surface area contributed by atoms with E-state index in [0.717, 1.165) is 11.3 Å². The minimum Gasteiger partial charge on any atom is -0.497 e. The van der Waals surface area contributed by atoms with Gasteiger partial charge in [0, 0.05) is 19.4 Å². The van der Waals surface area contributed by atoms with Gasteiger partial charge >= 0.3 is 0 Å². The molecule has 0 unspecified atom stereocenters. The molecule has 0 fully saturated rings. The van der Waals surface area contributed by atoms with E-state index in [-0.39, 0.29) is 30.1 Å². The van der Waals surface area contributed by atoms with Crippen molar-refractivity contribution in [3.63, 3.8) is 0 Å². The van der Waals surface area contributed by atoms with Crippen LogP contribution in [0.25, 0.3) is 11.4 Å². The Labute approximate surface area is 150 Å². The van der Waals surface area contributed by atoms with Crippen molar-refractivity contribution in [2.24, 2.45) is 0 Å². The quantitative estimate of drug-likeness (QED) is 0.704. The van der Waals surface area contributed by atoms with E-state index in [2.05, 4.69) is 15.5 Å². The first-order valence-corrected chi connectivity index (χ1v) is 8.13. The third-order valence-electron chi connectivity index (χ3n) is 3.77. The van der Waals surface area contributed by atoms with E-state index in [9.17, 15) is 9.18 Å². The van der Waals surface area contributed by atoms with Gasteiger partial charge in [0.15, 0.2) is 0 Å².